The minimum absolute atomic E-state index is 0.00662. The van der Waals surface area contributed by atoms with Crippen LogP contribution in [-0.4, -0.2) is 22.6 Å². The fraction of sp³-hybridized carbons (Fsp3) is 0.733. The van der Waals surface area contributed by atoms with Crippen LogP contribution in [0.15, 0.2) is 10.7 Å². The van der Waals surface area contributed by atoms with E-state index in [4.69, 9.17) is 4.98 Å². The van der Waals surface area contributed by atoms with E-state index in [2.05, 4.69) is 52.7 Å². The maximum Gasteiger partial charge on any atom is 0.137 e. The number of anilines is 1. The van der Waals surface area contributed by atoms with Crippen molar-refractivity contribution in [3.63, 3.8) is 0 Å². The number of aromatic nitrogens is 2. The van der Waals surface area contributed by atoms with Crippen molar-refractivity contribution in [2.24, 2.45) is 5.92 Å². The summed E-state index contributed by atoms with van der Waals surface area (Å²) in [6.45, 7) is 7.68. The predicted molar refractivity (Wildman–Crippen MR) is 81.5 cm³/mol. The van der Waals surface area contributed by atoms with Gasteiger partial charge in [-0.2, -0.15) is 0 Å². The van der Waals surface area contributed by atoms with Gasteiger partial charge in [0.1, 0.15) is 16.2 Å². The predicted octanol–water partition coefficient (Wildman–Crippen LogP) is 3.92. The van der Waals surface area contributed by atoms with E-state index in [9.17, 15) is 0 Å². The molecule has 1 heterocycles. The van der Waals surface area contributed by atoms with Gasteiger partial charge in [0.15, 0.2) is 0 Å². The maximum absolute atomic E-state index is 4.83. The van der Waals surface area contributed by atoms with Crippen molar-refractivity contribution in [1.29, 1.82) is 0 Å². The van der Waals surface area contributed by atoms with Crippen LogP contribution in [0.2, 0.25) is 0 Å². The highest BCUT2D eigenvalue weighted by atomic mass is 79.9. The van der Waals surface area contributed by atoms with Crippen molar-refractivity contribution in [1.82, 2.24) is 9.97 Å². The van der Waals surface area contributed by atoms with Gasteiger partial charge in [0.05, 0.1) is 0 Å². The van der Waals surface area contributed by atoms with Gasteiger partial charge in [-0.1, -0.05) is 20.8 Å². The first-order valence-electron chi connectivity index (χ1n) is 7.25. The third-order valence-electron chi connectivity index (χ3n) is 3.79. The third kappa shape index (κ3) is 3.28. The Morgan fingerprint density at radius 1 is 1.21 bits per heavy atom. The highest BCUT2D eigenvalue weighted by Crippen LogP contribution is 2.38. The van der Waals surface area contributed by atoms with Gasteiger partial charge in [-0.3, -0.25) is 0 Å². The molecule has 0 amide bonds. The Hall–Kier alpha value is -0.640. The van der Waals surface area contributed by atoms with Crippen LogP contribution in [0.25, 0.3) is 0 Å². The largest absolute Gasteiger partial charge is 0.353 e. The normalized spacial score (nSPS) is 19.6. The first-order chi connectivity index (χ1) is 8.93. The van der Waals surface area contributed by atoms with Gasteiger partial charge in [-0.15, -0.1) is 0 Å². The van der Waals surface area contributed by atoms with E-state index in [1.54, 1.807) is 0 Å². The van der Waals surface area contributed by atoms with Crippen LogP contribution < -0.4 is 4.90 Å². The zero-order valence-electron chi connectivity index (χ0n) is 12.0. The summed E-state index contributed by atoms with van der Waals surface area (Å²) in [6, 6.07) is 2.80. The van der Waals surface area contributed by atoms with Crippen molar-refractivity contribution >= 4 is 21.7 Å². The van der Waals surface area contributed by atoms with E-state index in [0.717, 1.165) is 28.2 Å². The van der Waals surface area contributed by atoms with E-state index in [1.165, 1.54) is 32.2 Å². The summed E-state index contributed by atoms with van der Waals surface area (Å²) in [5, 5.41) is 0. The SMILES string of the molecule is CC(C)(C)c1nc(Br)cc(N(CC2CC2)C2CC2)n1. The third-order valence-corrected chi connectivity index (χ3v) is 4.19. The number of halogens is 1. The van der Waals surface area contributed by atoms with Crippen LogP contribution in [0.1, 0.15) is 52.3 Å². The molecule has 19 heavy (non-hydrogen) atoms. The van der Waals surface area contributed by atoms with E-state index in [0.29, 0.717) is 0 Å². The molecule has 0 bridgehead atoms. The summed E-state index contributed by atoms with van der Waals surface area (Å²) in [5.41, 5.74) is -0.00662. The number of hydrogen-bond donors (Lipinski definition) is 0. The van der Waals surface area contributed by atoms with E-state index < -0.39 is 0 Å². The molecule has 2 fully saturated rings. The average Bonchev–Trinajstić information content (AvgIpc) is 3.17. The molecule has 1 aromatic rings. The van der Waals surface area contributed by atoms with E-state index >= 15 is 0 Å². The second-order valence-corrected chi connectivity index (χ2v) is 7.76. The fourth-order valence-corrected chi connectivity index (χ4v) is 2.66. The Kier molecular flexibility index (Phi) is 3.32. The molecule has 3 nitrogen and oxygen atoms in total. The van der Waals surface area contributed by atoms with Crippen LogP contribution >= 0.6 is 15.9 Å². The van der Waals surface area contributed by atoms with Crippen molar-refractivity contribution in [3.05, 3.63) is 16.5 Å². The van der Waals surface area contributed by atoms with Gasteiger partial charge in [0, 0.05) is 24.1 Å². The standard InChI is InChI=1S/C15H22BrN3/c1-15(2,3)14-17-12(16)8-13(18-14)19(11-6-7-11)9-10-4-5-10/h8,10-11H,4-7,9H2,1-3H3. The molecule has 0 aromatic carbocycles. The molecule has 0 spiro atoms. The molecule has 2 aliphatic carbocycles. The van der Waals surface area contributed by atoms with Crippen molar-refractivity contribution < 1.29 is 0 Å². The molecule has 0 unspecified atom stereocenters. The Bertz CT molecular complexity index is 473. The molecule has 0 atom stereocenters. The topological polar surface area (TPSA) is 29.0 Å². The van der Waals surface area contributed by atoms with Gasteiger partial charge in [-0.05, 0) is 47.5 Å². The zero-order chi connectivity index (χ0) is 13.6. The molecule has 0 saturated heterocycles. The van der Waals surface area contributed by atoms with Gasteiger partial charge < -0.3 is 4.90 Å². The monoisotopic (exact) mass is 323 g/mol. The lowest BCUT2D eigenvalue weighted by Gasteiger charge is -2.26. The summed E-state index contributed by atoms with van der Waals surface area (Å²) in [6.07, 6.45) is 5.42. The Morgan fingerprint density at radius 2 is 1.89 bits per heavy atom. The van der Waals surface area contributed by atoms with Crippen molar-refractivity contribution in [2.45, 2.75) is 57.9 Å². The number of rotatable bonds is 4. The summed E-state index contributed by atoms with van der Waals surface area (Å²) in [7, 11) is 0. The molecule has 0 radical (unpaired) electrons. The van der Waals surface area contributed by atoms with E-state index in [1.807, 2.05) is 0 Å². The molecule has 1 aromatic heterocycles. The molecular formula is C15H22BrN3. The zero-order valence-corrected chi connectivity index (χ0v) is 13.6. The lowest BCUT2D eigenvalue weighted by Crippen LogP contribution is -2.30. The van der Waals surface area contributed by atoms with Crippen molar-refractivity contribution in [3.8, 4) is 0 Å². The van der Waals surface area contributed by atoms with Crippen LogP contribution in [0.5, 0.6) is 0 Å². The molecule has 104 valence electrons. The molecular weight excluding hydrogens is 302 g/mol. The summed E-state index contributed by atoms with van der Waals surface area (Å²) >= 11 is 3.55. The van der Waals surface area contributed by atoms with Crippen LogP contribution in [-0.2, 0) is 5.41 Å². The quantitative estimate of drug-likeness (QED) is 0.786. The lowest BCUT2D eigenvalue weighted by molar-refractivity contribution is 0.541. The molecule has 4 heteroatoms. The minimum Gasteiger partial charge on any atom is -0.353 e. The lowest BCUT2D eigenvalue weighted by atomic mass is 9.96. The molecule has 0 N–H and O–H groups in total. The highest BCUT2D eigenvalue weighted by molar-refractivity contribution is 9.10. The van der Waals surface area contributed by atoms with E-state index in [-0.39, 0.29) is 5.41 Å². The number of hydrogen-bond acceptors (Lipinski definition) is 3. The summed E-state index contributed by atoms with van der Waals surface area (Å²) in [5.74, 6) is 2.94. The molecule has 2 aliphatic rings. The molecule has 0 aliphatic heterocycles. The highest BCUT2D eigenvalue weighted by Gasteiger charge is 2.35. The van der Waals surface area contributed by atoms with Gasteiger partial charge in [-0.25, -0.2) is 9.97 Å². The molecule has 2 saturated carbocycles. The summed E-state index contributed by atoms with van der Waals surface area (Å²) < 4.78 is 0.906. The minimum atomic E-state index is -0.00662. The first kappa shape index (κ1) is 13.3. The summed E-state index contributed by atoms with van der Waals surface area (Å²) in [4.78, 5) is 11.9. The average molecular weight is 324 g/mol. The van der Waals surface area contributed by atoms with Crippen LogP contribution in [0.4, 0.5) is 5.82 Å². The second kappa shape index (κ2) is 4.72. The number of nitrogens with zero attached hydrogens (tertiary/aromatic N) is 3. The van der Waals surface area contributed by atoms with Crippen LogP contribution in [0, 0.1) is 5.92 Å². The Labute approximate surface area is 124 Å². The van der Waals surface area contributed by atoms with Gasteiger partial charge >= 0.3 is 0 Å². The van der Waals surface area contributed by atoms with Crippen LogP contribution in [0.3, 0.4) is 0 Å². The molecule has 3 rings (SSSR count). The fourth-order valence-electron chi connectivity index (χ4n) is 2.28. The maximum atomic E-state index is 4.83. The second-order valence-electron chi connectivity index (χ2n) is 6.95. The first-order valence-corrected chi connectivity index (χ1v) is 8.04. The van der Waals surface area contributed by atoms with Gasteiger partial charge in [0.25, 0.3) is 0 Å². The van der Waals surface area contributed by atoms with Crippen molar-refractivity contribution in [2.75, 3.05) is 11.4 Å². The smallest absolute Gasteiger partial charge is 0.137 e. The Morgan fingerprint density at radius 3 is 2.42 bits per heavy atom. The van der Waals surface area contributed by atoms with Gasteiger partial charge in [0.2, 0.25) is 0 Å². The Balaban J connectivity index is 1.90.